The Morgan fingerprint density at radius 1 is 0.652 bits per heavy atom. The molecule has 4 rings (SSSR count). The topological polar surface area (TPSA) is 0 Å². The molecule has 0 fully saturated rings. The number of rotatable bonds is 1. The fourth-order valence-electron chi connectivity index (χ4n) is 3.30. The van der Waals surface area contributed by atoms with E-state index in [2.05, 4.69) is 94.8 Å². The van der Waals surface area contributed by atoms with Crippen molar-refractivity contribution in [1.29, 1.82) is 0 Å². The Balaban J connectivity index is 1.94. The molecule has 0 heterocycles. The fourth-order valence-corrected chi connectivity index (χ4v) is 3.56. The average molecular weight is 361 g/mol. The third kappa shape index (κ3) is 2.89. The fraction of sp³-hybridized carbons (Fsp3) is 0.0909. The molecule has 0 amide bonds. The monoisotopic (exact) mass is 360 g/mol. The van der Waals surface area contributed by atoms with Crippen LogP contribution in [0.2, 0.25) is 0 Å². The van der Waals surface area contributed by atoms with E-state index in [1.807, 2.05) is 0 Å². The van der Waals surface area contributed by atoms with E-state index in [1.165, 1.54) is 33.4 Å². The first kappa shape index (κ1) is 14.5. The quantitative estimate of drug-likeness (QED) is 0.489. The molecular weight excluding hydrogens is 344 g/mol. The first-order valence-corrected chi connectivity index (χ1v) is 8.74. The van der Waals surface area contributed by atoms with Gasteiger partial charge in [-0.25, -0.2) is 0 Å². The van der Waals surface area contributed by atoms with Gasteiger partial charge in [0.25, 0.3) is 0 Å². The van der Waals surface area contributed by atoms with Gasteiger partial charge < -0.3 is 0 Å². The Labute approximate surface area is 145 Å². The Morgan fingerprint density at radius 2 is 1.17 bits per heavy atom. The van der Waals surface area contributed by atoms with Crippen molar-refractivity contribution in [3.8, 4) is 0 Å². The lowest BCUT2D eigenvalue weighted by molar-refractivity contribution is 0.965. The van der Waals surface area contributed by atoms with E-state index in [0.29, 0.717) is 0 Å². The number of halogens is 1. The zero-order valence-electron chi connectivity index (χ0n) is 12.8. The van der Waals surface area contributed by atoms with Gasteiger partial charge in [-0.05, 0) is 64.4 Å². The summed E-state index contributed by atoms with van der Waals surface area (Å²) >= 11 is 3.51. The van der Waals surface area contributed by atoms with Gasteiger partial charge in [-0.1, -0.05) is 76.6 Å². The molecule has 23 heavy (non-hydrogen) atoms. The standard InChI is InChI=1S/C22H17Br/c23-19-13-9-16(10-14-19)15-22-20-7-3-1-5-17(20)11-12-18-6-2-4-8-21(18)22/h1-10,13-15H,11-12H2. The van der Waals surface area contributed by atoms with Gasteiger partial charge in [0.15, 0.2) is 0 Å². The molecular formula is C22H17Br. The normalized spacial score (nSPS) is 13.0. The van der Waals surface area contributed by atoms with Crippen LogP contribution in [-0.2, 0) is 12.8 Å². The Kier molecular flexibility index (Phi) is 3.88. The highest BCUT2D eigenvalue weighted by atomic mass is 79.9. The summed E-state index contributed by atoms with van der Waals surface area (Å²) in [7, 11) is 0. The van der Waals surface area contributed by atoms with Crippen LogP contribution >= 0.6 is 15.9 Å². The van der Waals surface area contributed by atoms with Crippen molar-refractivity contribution in [2.24, 2.45) is 0 Å². The molecule has 0 unspecified atom stereocenters. The van der Waals surface area contributed by atoms with Gasteiger partial charge in [-0.3, -0.25) is 0 Å². The molecule has 1 aliphatic rings. The molecule has 1 heteroatoms. The van der Waals surface area contributed by atoms with E-state index in [9.17, 15) is 0 Å². The third-order valence-electron chi connectivity index (χ3n) is 4.46. The highest BCUT2D eigenvalue weighted by Crippen LogP contribution is 2.34. The van der Waals surface area contributed by atoms with Crippen molar-refractivity contribution < 1.29 is 0 Å². The Morgan fingerprint density at radius 3 is 1.74 bits per heavy atom. The molecule has 0 N–H and O–H groups in total. The number of benzene rings is 3. The molecule has 0 radical (unpaired) electrons. The van der Waals surface area contributed by atoms with E-state index in [4.69, 9.17) is 0 Å². The minimum atomic E-state index is 1.10. The van der Waals surface area contributed by atoms with E-state index in [1.54, 1.807) is 0 Å². The predicted molar refractivity (Wildman–Crippen MR) is 101 cm³/mol. The largest absolute Gasteiger partial charge is 0.0620 e. The van der Waals surface area contributed by atoms with E-state index in [-0.39, 0.29) is 0 Å². The summed E-state index contributed by atoms with van der Waals surface area (Å²) in [5.74, 6) is 0. The van der Waals surface area contributed by atoms with Crippen molar-refractivity contribution in [3.05, 3.63) is 105 Å². The van der Waals surface area contributed by atoms with Crippen molar-refractivity contribution >= 4 is 27.6 Å². The SMILES string of the molecule is Brc1ccc(C=C2c3ccccc3CCc3ccccc32)cc1. The van der Waals surface area contributed by atoms with Gasteiger partial charge in [0.05, 0.1) is 0 Å². The van der Waals surface area contributed by atoms with Gasteiger partial charge in [0.1, 0.15) is 0 Å². The summed E-state index contributed by atoms with van der Waals surface area (Å²) in [5.41, 5.74) is 8.16. The van der Waals surface area contributed by atoms with Crippen molar-refractivity contribution in [2.45, 2.75) is 12.8 Å². The lowest BCUT2D eigenvalue weighted by Gasteiger charge is -2.12. The van der Waals surface area contributed by atoms with Crippen LogP contribution in [0.1, 0.15) is 27.8 Å². The molecule has 112 valence electrons. The van der Waals surface area contributed by atoms with Gasteiger partial charge in [0, 0.05) is 4.47 Å². The summed E-state index contributed by atoms with van der Waals surface area (Å²) in [5, 5.41) is 0. The average Bonchev–Trinajstić information content (AvgIpc) is 2.75. The molecule has 0 aromatic heterocycles. The molecule has 0 saturated carbocycles. The molecule has 1 aliphatic carbocycles. The molecule has 0 nitrogen and oxygen atoms in total. The highest BCUT2D eigenvalue weighted by Gasteiger charge is 2.17. The maximum absolute atomic E-state index is 3.51. The van der Waals surface area contributed by atoms with Crippen LogP contribution in [0.5, 0.6) is 0 Å². The number of hydrogen-bond donors (Lipinski definition) is 0. The Hall–Kier alpha value is -2.12. The smallest absolute Gasteiger partial charge is 0.0175 e. The van der Waals surface area contributed by atoms with Crippen molar-refractivity contribution in [1.82, 2.24) is 0 Å². The van der Waals surface area contributed by atoms with Gasteiger partial charge >= 0.3 is 0 Å². The minimum absolute atomic E-state index is 1.10. The van der Waals surface area contributed by atoms with Crippen molar-refractivity contribution in [3.63, 3.8) is 0 Å². The van der Waals surface area contributed by atoms with Crippen LogP contribution < -0.4 is 0 Å². The van der Waals surface area contributed by atoms with Crippen molar-refractivity contribution in [2.75, 3.05) is 0 Å². The van der Waals surface area contributed by atoms with E-state index >= 15 is 0 Å². The maximum atomic E-state index is 3.51. The number of fused-ring (bicyclic) bond motifs is 2. The second-order valence-corrected chi connectivity index (χ2v) is 6.84. The van der Waals surface area contributed by atoms with Crippen LogP contribution in [0.15, 0.2) is 77.3 Å². The van der Waals surface area contributed by atoms with Crippen LogP contribution in [-0.4, -0.2) is 0 Å². The maximum Gasteiger partial charge on any atom is 0.0175 e. The Bertz CT molecular complexity index is 823. The summed E-state index contributed by atoms with van der Waals surface area (Å²) in [4.78, 5) is 0. The highest BCUT2D eigenvalue weighted by molar-refractivity contribution is 9.10. The lowest BCUT2D eigenvalue weighted by Crippen LogP contribution is -1.92. The molecule has 0 atom stereocenters. The summed E-state index contributed by atoms with van der Waals surface area (Å²) < 4.78 is 1.11. The molecule has 3 aromatic carbocycles. The van der Waals surface area contributed by atoms with Crippen LogP contribution in [0, 0.1) is 0 Å². The third-order valence-corrected chi connectivity index (χ3v) is 4.99. The summed E-state index contributed by atoms with van der Waals surface area (Å²) in [6.07, 6.45) is 4.52. The number of aryl methyl sites for hydroxylation is 2. The van der Waals surface area contributed by atoms with E-state index < -0.39 is 0 Å². The first-order valence-electron chi connectivity index (χ1n) is 7.95. The zero-order valence-corrected chi connectivity index (χ0v) is 14.4. The molecule has 0 aliphatic heterocycles. The molecule has 0 spiro atoms. The molecule has 0 saturated heterocycles. The van der Waals surface area contributed by atoms with Crippen LogP contribution in [0.3, 0.4) is 0 Å². The first-order chi connectivity index (χ1) is 11.3. The molecule has 0 bridgehead atoms. The summed E-state index contributed by atoms with van der Waals surface area (Å²) in [6.45, 7) is 0. The molecule has 3 aromatic rings. The van der Waals surface area contributed by atoms with E-state index in [0.717, 1.165) is 17.3 Å². The van der Waals surface area contributed by atoms with Crippen LogP contribution in [0.25, 0.3) is 11.6 Å². The zero-order chi connectivity index (χ0) is 15.6. The van der Waals surface area contributed by atoms with Gasteiger partial charge in [-0.2, -0.15) is 0 Å². The van der Waals surface area contributed by atoms with Crippen LogP contribution in [0.4, 0.5) is 0 Å². The predicted octanol–water partition coefficient (Wildman–Crippen LogP) is 6.14. The van der Waals surface area contributed by atoms with Gasteiger partial charge in [0.2, 0.25) is 0 Å². The summed E-state index contributed by atoms with van der Waals surface area (Å²) in [6, 6.07) is 26.1. The lowest BCUT2D eigenvalue weighted by atomic mass is 9.92. The van der Waals surface area contributed by atoms with Gasteiger partial charge in [-0.15, -0.1) is 0 Å². The number of hydrogen-bond acceptors (Lipinski definition) is 0. The second kappa shape index (κ2) is 6.17. The second-order valence-electron chi connectivity index (χ2n) is 5.92. The minimum Gasteiger partial charge on any atom is -0.0620 e.